The van der Waals surface area contributed by atoms with Crippen LogP contribution in [-0.4, -0.2) is 0 Å². The Balaban J connectivity index is 4.00. The molecule has 1 atom stereocenters. The van der Waals surface area contributed by atoms with Gasteiger partial charge in [-0.1, -0.05) is 37.6 Å². The van der Waals surface area contributed by atoms with Crippen molar-refractivity contribution < 1.29 is 0 Å². The van der Waals surface area contributed by atoms with Crippen LogP contribution in [0.4, 0.5) is 0 Å². The van der Waals surface area contributed by atoms with Gasteiger partial charge >= 0.3 is 0 Å². The molecule has 0 aromatic carbocycles. The van der Waals surface area contributed by atoms with Gasteiger partial charge in [-0.3, -0.25) is 0 Å². The normalized spacial score (nSPS) is 15.5. The third kappa shape index (κ3) is 4.38. The Morgan fingerprint density at radius 1 is 1.25 bits per heavy atom. The van der Waals surface area contributed by atoms with E-state index in [9.17, 15) is 0 Å². The predicted molar refractivity (Wildman–Crippen MR) is 57.3 cm³/mol. The van der Waals surface area contributed by atoms with Gasteiger partial charge in [-0.15, -0.1) is 0 Å². The zero-order valence-corrected chi connectivity index (χ0v) is 8.93. The summed E-state index contributed by atoms with van der Waals surface area (Å²) in [6, 6.07) is 0. The van der Waals surface area contributed by atoms with E-state index in [2.05, 4.69) is 45.9 Å². The Kier molecular flexibility index (Phi) is 6.84. The van der Waals surface area contributed by atoms with Crippen molar-refractivity contribution in [1.82, 2.24) is 0 Å². The van der Waals surface area contributed by atoms with E-state index in [-0.39, 0.29) is 0 Å². The summed E-state index contributed by atoms with van der Waals surface area (Å²) in [4.78, 5) is 0. The molecule has 0 spiro atoms. The summed E-state index contributed by atoms with van der Waals surface area (Å²) < 4.78 is 0. The SMILES string of the molecule is CC=CC(CC)C/C(=C/C)CC. The van der Waals surface area contributed by atoms with Crippen molar-refractivity contribution in [2.24, 2.45) is 5.92 Å². The van der Waals surface area contributed by atoms with Crippen LogP contribution < -0.4 is 0 Å². The van der Waals surface area contributed by atoms with Crippen molar-refractivity contribution in [2.45, 2.75) is 47.0 Å². The van der Waals surface area contributed by atoms with Crippen LogP contribution in [-0.2, 0) is 0 Å². The molecule has 0 saturated carbocycles. The molecule has 0 saturated heterocycles. The standard InChI is InChI=1S/C12H22/c1-5-9-12(8-4)10-11(6-2)7-3/h5-6,9,12H,7-8,10H2,1-4H3/b9-5?,11-6+. The Labute approximate surface area is 77.4 Å². The van der Waals surface area contributed by atoms with E-state index >= 15 is 0 Å². The van der Waals surface area contributed by atoms with Crippen molar-refractivity contribution >= 4 is 0 Å². The summed E-state index contributed by atoms with van der Waals surface area (Å²) in [5.41, 5.74) is 1.58. The Hall–Kier alpha value is -0.520. The van der Waals surface area contributed by atoms with Crippen LogP contribution in [0.2, 0.25) is 0 Å². The number of allylic oxidation sites excluding steroid dienone is 4. The van der Waals surface area contributed by atoms with Gasteiger partial charge in [0, 0.05) is 0 Å². The minimum Gasteiger partial charge on any atom is -0.0914 e. The first-order chi connectivity index (χ1) is 5.78. The van der Waals surface area contributed by atoms with Crippen molar-refractivity contribution in [1.29, 1.82) is 0 Å². The molecule has 0 bridgehead atoms. The molecule has 0 aromatic heterocycles. The molecule has 0 aliphatic carbocycles. The first-order valence-corrected chi connectivity index (χ1v) is 5.05. The minimum absolute atomic E-state index is 0.751. The smallest absolute Gasteiger partial charge is 0.0199 e. The van der Waals surface area contributed by atoms with Gasteiger partial charge in [-0.25, -0.2) is 0 Å². The van der Waals surface area contributed by atoms with Crippen LogP contribution in [0.15, 0.2) is 23.8 Å². The molecule has 0 aliphatic heterocycles. The van der Waals surface area contributed by atoms with E-state index in [4.69, 9.17) is 0 Å². The van der Waals surface area contributed by atoms with Gasteiger partial charge in [0.05, 0.1) is 0 Å². The predicted octanol–water partition coefficient (Wildman–Crippen LogP) is 4.34. The molecule has 12 heavy (non-hydrogen) atoms. The summed E-state index contributed by atoms with van der Waals surface area (Å²) in [5.74, 6) is 0.751. The second-order valence-electron chi connectivity index (χ2n) is 3.20. The summed E-state index contributed by atoms with van der Waals surface area (Å²) >= 11 is 0. The second kappa shape index (κ2) is 7.15. The molecule has 0 aromatic rings. The van der Waals surface area contributed by atoms with Crippen LogP contribution in [0, 0.1) is 5.92 Å². The molecular weight excluding hydrogens is 144 g/mol. The van der Waals surface area contributed by atoms with Crippen molar-refractivity contribution in [3.05, 3.63) is 23.8 Å². The van der Waals surface area contributed by atoms with Crippen molar-refractivity contribution in [3.63, 3.8) is 0 Å². The van der Waals surface area contributed by atoms with E-state index in [1.807, 2.05) is 0 Å². The maximum atomic E-state index is 2.32. The summed E-state index contributed by atoms with van der Waals surface area (Å²) in [7, 11) is 0. The maximum Gasteiger partial charge on any atom is -0.0199 e. The third-order valence-corrected chi connectivity index (χ3v) is 2.38. The van der Waals surface area contributed by atoms with Gasteiger partial charge in [0.15, 0.2) is 0 Å². The molecule has 0 heteroatoms. The van der Waals surface area contributed by atoms with Crippen LogP contribution >= 0.6 is 0 Å². The van der Waals surface area contributed by atoms with E-state index in [0.717, 1.165) is 5.92 Å². The van der Waals surface area contributed by atoms with E-state index in [0.29, 0.717) is 0 Å². The van der Waals surface area contributed by atoms with Crippen molar-refractivity contribution in [3.8, 4) is 0 Å². The highest BCUT2D eigenvalue weighted by Gasteiger charge is 2.02. The molecule has 0 nitrogen and oxygen atoms in total. The third-order valence-electron chi connectivity index (χ3n) is 2.38. The van der Waals surface area contributed by atoms with Crippen LogP contribution in [0.3, 0.4) is 0 Å². The first kappa shape index (κ1) is 11.5. The number of rotatable bonds is 5. The number of hydrogen-bond donors (Lipinski definition) is 0. The highest BCUT2D eigenvalue weighted by atomic mass is 14.1. The molecule has 0 fully saturated rings. The molecule has 70 valence electrons. The molecule has 1 unspecified atom stereocenters. The fraction of sp³-hybridized carbons (Fsp3) is 0.667. The quantitative estimate of drug-likeness (QED) is 0.533. The summed E-state index contributed by atoms with van der Waals surface area (Å²) in [6.07, 6.45) is 10.4. The average Bonchev–Trinajstić information content (AvgIpc) is 2.12. The Bertz CT molecular complexity index is 151. The minimum atomic E-state index is 0.751. The van der Waals surface area contributed by atoms with Crippen LogP contribution in [0.25, 0.3) is 0 Å². The van der Waals surface area contributed by atoms with Crippen LogP contribution in [0.1, 0.15) is 47.0 Å². The maximum absolute atomic E-state index is 2.32. The lowest BCUT2D eigenvalue weighted by atomic mass is 9.95. The van der Waals surface area contributed by atoms with Gasteiger partial charge in [-0.05, 0) is 39.0 Å². The van der Waals surface area contributed by atoms with Gasteiger partial charge < -0.3 is 0 Å². The Morgan fingerprint density at radius 3 is 2.25 bits per heavy atom. The average molecular weight is 166 g/mol. The lowest BCUT2D eigenvalue weighted by Crippen LogP contribution is -1.96. The van der Waals surface area contributed by atoms with Gasteiger partial charge in [0.2, 0.25) is 0 Å². The van der Waals surface area contributed by atoms with Gasteiger partial charge in [0.1, 0.15) is 0 Å². The van der Waals surface area contributed by atoms with E-state index < -0.39 is 0 Å². The fourth-order valence-corrected chi connectivity index (χ4v) is 1.42. The number of hydrogen-bond acceptors (Lipinski definition) is 0. The molecule has 0 rings (SSSR count). The van der Waals surface area contributed by atoms with Gasteiger partial charge in [0.25, 0.3) is 0 Å². The summed E-state index contributed by atoms with van der Waals surface area (Å²) in [5, 5.41) is 0. The zero-order valence-electron chi connectivity index (χ0n) is 8.93. The molecule has 0 radical (unpaired) electrons. The summed E-state index contributed by atoms with van der Waals surface area (Å²) in [6.45, 7) is 8.73. The topological polar surface area (TPSA) is 0 Å². The zero-order chi connectivity index (χ0) is 9.40. The van der Waals surface area contributed by atoms with E-state index in [1.54, 1.807) is 5.57 Å². The van der Waals surface area contributed by atoms with Crippen LogP contribution in [0.5, 0.6) is 0 Å². The lowest BCUT2D eigenvalue weighted by molar-refractivity contribution is 0.609. The largest absolute Gasteiger partial charge is 0.0914 e. The van der Waals surface area contributed by atoms with Crippen molar-refractivity contribution in [2.75, 3.05) is 0 Å². The van der Waals surface area contributed by atoms with E-state index in [1.165, 1.54) is 19.3 Å². The molecule has 0 aliphatic rings. The molecule has 0 N–H and O–H groups in total. The highest BCUT2D eigenvalue weighted by molar-refractivity contribution is 5.03. The van der Waals surface area contributed by atoms with Gasteiger partial charge in [-0.2, -0.15) is 0 Å². The molecule has 0 heterocycles. The molecular formula is C12H22. The highest BCUT2D eigenvalue weighted by Crippen LogP contribution is 2.18. The lowest BCUT2D eigenvalue weighted by Gasteiger charge is -2.11. The Morgan fingerprint density at radius 2 is 1.92 bits per heavy atom. The first-order valence-electron chi connectivity index (χ1n) is 5.05. The second-order valence-corrected chi connectivity index (χ2v) is 3.20. The fourth-order valence-electron chi connectivity index (χ4n) is 1.42. The molecule has 0 amide bonds. The monoisotopic (exact) mass is 166 g/mol.